The molecule has 0 saturated carbocycles. The Morgan fingerprint density at radius 1 is 1.20 bits per heavy atom. The van der Waals surface area contributed by atoms with Gasteiger partial charge in [0.15, 0.2) is 11.5 Å². The first-order valence-electron chi connectivity index (χ1n) is 7.46. The number of aromatic nitrogens is 1. The van der Waals surface area contributed by atoms with E-state index in [-0.39, 0.29) is 5.69 Å². The van der Waals surface area contributed by atoms with Crippen LogP contribution in [-0.4, -0.2) is 11.1 Å². The van der Waals surface area contributed by atoms with Crippen molar-refractivity contribution in [3.8, 4) is 10.6 Å². The second kappa shape index (κ2) is 6.03. The summed E-state index contributed by atoms with van der Waals surface area (Å²) in [5.41, 5.74) is 1.50. The summed E-state index contributed by atoms with van der Waals surface area (Å²) in [6.07, 6.45) is 0. The Hall–Kier alpha value is -3.19. The fourth-order valence-corrected chi connectivity index (χ4v) is 3.19. The van der Waals surface area contributed by atoms with Gasteiger partial charge in [-0.15, -0.1) is 11.3 Å². The van der Waals surface area contributed by atoms with Gasteiger partial charge in [-0.1, -0.05) is 11.2 Å². The molecular weight excluding hydrogens is 340 g/mol. The molecule has 0 aliphatic carbocycles. The van der Waals surface area contributed by atoms with Crippen molar-refractivity contribution in [2.75, 3.05) is 5.32 Å². The van der Waals surface area contributed by atoms with Gasteiger partial charge in [0.05, 0.1) is 4.88 Å². The van der Waals surface area contributed by atoms with Crippen LogP contribution in [-0.2, 0) is 0 Å². The molecule has 1 N–H and O–H groups in total. The highest BCUT2D eigenvalue weighted by Gasteiger charge is 2.15. The highest BCUT2D eigenvalue weighted by molar-refractivity contribution is 7.13. The van der Waals surface area contributed by atoms with Crippen molar-refractivity contribution in [2.24, 2.45) is 0 Å². The lowest BCUT2D eigenvalue weighted by atomic mass is 10.1. The third-order valence-corrected chi connectivity index (χ3v) is 4.60. The van der Waals surface area contributed by atoms with Crippen molar-refractivity contribution >= 4 is 33.9 Å². The van der Waals surface area contributed by atoms with E-state index in [2.05, 4.69) is 10.5 Å². The maximum Gasteiger partial charge on any atom is 0.336 e. The molecule has 0 aliphatic rings. The lowest BCUT2D eigenvalue weighted by molar-refractivity contribution is 0.101. The second-order valence-corrected chi connectivity index (χ2v) is 6.41. The maximum atomic E-state index is 12.3. The Bertz CT molecular complexity index is 1130. The number of hydrogen-bond acceptors (Lipinski definition) is 6. The molecule has 3 heterocycles. The first-order chi connectivity index (χ1) is 12.1. The monoisotopic (exact) mass is 352 g/mol. The van der Waals surface area contributed by atoms with Gasteiger partial charge in [0.25, 0.3) is 5.91 Å². The van der Waals surface area contributed by atoms with Gasteiger partial charge in [0.2, 0.25) is 0 Å². The number of anilines is 1. The van der Waals surface area contributed by atoms with Crippen LogP contribution in [0, 0.1) is 6.92 Å². The van der Waals surface area contributed by atoms with Crippen LogP contribution < -0.4 is 10.9 Å². The van der Waals surface area contributed by atoms with Crippen LogP contribution in [0.15, 0.2) is 61.6 Å². The molecule has 4 aromatic rings. The zero-order chi connectivity index (χ0) is 17.4. The maximum absolute atomic E-state index is 12.3. The number of benzene rings is 1. The van der Waals surface area contributed by atoms with Crippen molar-refractivity contribution < 1.29 is 13.7 Å². The van der Waals surface area contributed by atoms with Crippen molar-refractivity contribution in [3.63, 3.8) is 0 Å². The van der Waals surface area contributed by atoms with E-state index in [4.69, 9.17) is 8.94 Å². The summed E-state index contributed by atoms with van der Waals surface area (Å²) >= 11 is 1.50. The summed E-state index contributed by atoms with van der Waals surface area (Å²) in [4.78, 5) is 24.7. The summed E-state index contributed by atoms with van der Waals surface area (Å²) in [7, 11) is 0. The Kier molecular flexibility index (Phi) is 3.70. The molecule has 25 heavy (non-hydrogen) atoms. The number of nitrogens with one attached hydrogen (secondary N) is 1. The number of fused-ring (bicyclic) bond motifs is 1. The Balaban J connectivity index is 1.60. The normalized spacial score (nSPS) is 10.9. The number of amides is 1. The molecule has 0 atom stereocenters. The minimum absolute atomic E-state index is 0.175. The molecule has 0 spiro atoms. The molecule has 0 radical (unpaired) electrons. The molecule has 1 aromatic carbocycles. The molecule has 0 aliphatic heterocycles. The van der Waals surface area contributed by atoms with E-state index < -0.39 is 11.5 Å². The highest BCUT2D eigenvalue weighted by Crippen LogP contribution is 2.26. The Morgan fingerprint density at radius 2 is 2.08 bits per heavy atom. The quantitative estimate of drug-likeness (QED) is 0.562. The molecule has 4 rings (SSSR count). The van der Waals surface area contributed by atoms with Crippen molar-refractivity contribution in [3.05, 3.63) is 69.5 Å². The third-order valence-electron chi connectivity index (χ3n) is 3.72. The van der Waals surface area contributed by atoms with E-state index in [1.807, 2.05) is 24.4 Å². The number of aryl methyl sites for hydroxylation is 1. The highest BCUT2D eigenvalue weighted by atomic mass is 32.1. The predicted octanol–water partition coefficient (Wildman–Crippen LogP) is 4.07. The first kappa shape index (κ1) is 15.3. The molecule has 6 nitrogen and oxygen atoms in total. The van der Waals surface area contributed by atoms with E-state index in [1.165, 1.54) is 17.4 Å². The Morgan fingerprint density at radius 3 is 2.88 bits per heavy atom. The lowest BCUT2D eigenvalue weighted by Crippen LogP contribution is -2.12. The smallest absolute Gasteiger partial charge is 0.336 e. The molecule has 124 valence electrons. The van der Waals surface area contributed by atoms with Crippen LogP contribution >= 0.6 is 11.3 Å². The SMILES string of the molecule is Cc1cc(=O)oc2cc(NC(=O)c3cc(-c4cccs4)on3)ccc12. The first-order valence-corrected chi connectivity index (χ1v) is 8.34. The molecule has 3 aromatic heterocycles. The largest absolute Gasteiger partial charge is 0.423 e. The summed E-state index contributed by atoms with van der Waals surface area (Å²) in [6, 6.07) is 12.0. The number of thiophene rings is 1. The van der Waals surface area contributed by atoms with Crippen LogP contribution in [0.2, 0.25) is 0 Å². The van der Waals surface area contributed by atoms with E-state index >= 15 is 0 Å². The summed E-state index contributed by atoms with van der Waals surface area (Å²) in [5.74, 6) is 0.140. The van der Waals surface area contributed by atoms with Crippen LogP contribution in [0.3, 0.4) is 0 Å². The number of carbonyl (C=O) groups is 1. The zero-order valence-electron chi connectivity index (χ0n) is 13.1. The van der Waals surface area contributed by atoms with E-state index in [0.29, 0.717) is 17.0 Å². The molecular formula is C18H12N2O4S. The Labute approximate surface area is 145 Å². The fraction of sp³-hybridized carbons (Fsp3) is 0.0556. The lowest BCUT2D eigenvalue weighted by Gasteiger charge is -2.05. The molecule has 0 bridgehead atoms. The van der Waals surface area contributed by atoms with Gasteiger partial charge in [0.1, 0.15) is 5.58 Å². The fourth-order valence-electron chi connectivity index (χ4n) is 2.51. The summed E-state index contributed by atoms with van der Waals surface area (Å²) < 4.78 is 10.4. The van der Waals surface area contributed by atoms with Crippen LogP contribution in [0.1, 0.15) is 16.1 Å². The molecule has 0 fully saturated rings. The number of carbonyl (C=O) groups excluding carboxylic acids is 1. The summed E-state index contributed by atoms with van der Waals surface area (Å²) in [5, 5.41) is 9.27. The minimum atomic E-state index is -0.425. The number of nitrogens with zero attached hydrogens (tertiary/aromatic N) is 1. The molecule has 7 heteroatoms. The van der Waals surface area contributed by atoms with Gasteiger partial charge in [0, 0.05) is 29.3 Å². The number of rotatable bonds is 3. The minimum Gasteiger partial charge on any atom is -0.423 e. The molecule has 1 amide bonds. The van der Waals surface area contributed by atoms with E-state index in [1.54, 1.807) is 24.3 Å². The van der Waals surface area contributed by atoms with Gasteiger partial charge in [-0.2, -0.15) is 0 Å². The van der Waals surface area contributed by atoms with Crippen LogP contribution in [0.25, 0.3) is 21.6 Å². The molecule has 0 unspecified atom stereocenters. The van der Waals surface area contributed by atoms with Crippen LogP contribution in [0.4, 0.5) is 5.69 Å². The van der Waals surface area contributed by atoms with E-state index in [0.717, 1.165) is 15.8 Å². The second-order valence-electron chi connectivity index (χ2n) is 5.47. The van der Waals surface area contributed by atoms with Gasteiger partial charge in [-0.3, -0.25) is 4.79 Å². The van der Waals surface area contributed by atoms with Gasteiger partial charge < -0.3 is 14.3 Å². The van der Waals surface area contributed by atoms with Gasteiger partial charge in [-0.25, -0.2) is 4.79 Å². The van der Waals surface area contributed by atoms with Crippen molar-refractivity contribution in [1.82, 2.24) is 5.16 Å². The standard InChI is InChI=1S/C18H12N2O4S/c1-10-7-17(21)23-14-8-11(4-5-12(10)14)19-18(22)13-9-15(24-20-13)16-3-2-6-25-16/h2-9H,1H3,(H,19,22). The average Bonchev–Trinajstić information content (AvgIpc) is 3.25. The predicted molar refractivity (Wildman–Crippen MR) is 95.0 cm³/mol. The van der Waals surface area contributed by atoms with Gasteiger partial charge in [-0.05, 0) is 36.1 Å². The van der Waals surface area contributed by atoms with Crippen molar-refractivity contribution in [2.45, 2.75) is 6.92 Å². The van der Waals surface area contributed by atoms with E-state index in [9.17, 15) is 9.59 Å². The van der Waals surface area contributed by atoms with Gasteiger partial charge >= 0.3 is 5.63 Å². The summed E-state index contributed by atoms with van der Waals surface area (Å²) in [6.45, 7) is 1.83. The molecule has 0 saturated heterocycles. The number of hydrogen-bond donors (Lipinski definition) is 1. The average molecular weight is 352 g/mol. The topological polar surface area (TPSA) is 85.3 Å². The zero-order valence-corrected chi connectivity index (χ0v) is 13.9. The van der Waals surface area contributed by atoms with Crippen molar-refractivity contribution in [1.29, 1.82) is 0 Å². The van der Waals surface area contributed by atoms with Crippen LogP contribution in [0.5, 0.6) is 0 Å². The third kappa shape index (κ3) is 2.97.